The third-order valence-corrected chi connectivity index (χ3v) is 1.72. The van der Waals surface area contributed by atoms with E-state index in [4.69, 9.17) is 11.6 Å². The van der Waals surface area contributed by atoms with Gasteiger partial charge in [0.2, 0.25) is 0 Å². The number of alkyl halides is 1. The lowest BCUT2D eigenvalue weighted by Crippen LogP contribution is -1.94. The van der Waals surface area contributed by atoms with Gasteiger partial charge in [-0.15, -0.1) is 11.6 Å². The first-order valence-electron chi connectivity index (χ1n) is 3.31. The predicted octanol–water partition coefficient (Wildman–Crippen LogP) is 3.40. The minimum Gasteiger partial charge on any atom is -0.204 e. The molecule has 0 heterocycles. The molecule has 1 rings (SSSR count). The summed E-state index contributed by atoms with van der Waals surface area (Å²) in [6, 6.07) is 1.77. The molecule has 1 aromatic rings. The highest BCUT2D eigenvalue weighted by molar-refractivity contribution is 6.20. The van der Waals surface area contributed by atoms with E-state index in [2.05, 4.69) is 0 Å². The van der Waals surface area contributed by atoms with E-state index < -0.39 is 22.8 Å². The second-order valence-electron chi connectivity index (χ2n) is 2.41. The molecule has 0 saturated heterocycles. The molecule has 0 bridgehead atoms. The number of hydrogen-bond donors (Lipinski definition) is 0. The Morgan fingerprint density at radius 3 is 1.92 bits per heavy atom. The fourth-order valence-corrected chi connectivity index (χ4v) is 0.931. The summed E-state index contributed by atoms with van der Waals surface area (Å²) in [6.07, 6.45) is 0. The zero-order chi connectivity index (χ0) is 9.30. The van der Waals surface area contributed by atoms with Gasteiger partial charge in [0.05, 0.1) is 5.38 Å². The van der Waals surface area contributed by atoms with Crippen LogP contribution in [0.4, 0.5) is 13.2 Å². The molecule has 0 aliphatic carbocycles. The smallest absolute Gasteiger partial charge is 0.194 e. The Labute approximate surface area is 73.0 Å². The molecule has 0 aromatic heterocycles. The van der Waals surface area contributed by atoms with Gasteiger partial charge in [-0.05, 0) is 24.6 Å². The number of rotatable bonds is 1. The SMILES string of the molecule is CC(Cl)c1cc(F)c(F)c(F)c1. The van der Waals surface area contributed by atoms with E-state index in [-0.39, 0.29) is 5.56 Å². The molecule has 4 heteroatoms. The maximum atomic E-state index is 12.5. The zero-order valence-electron chi connectivity index (χ0n) is 6.24. The summed E-state index contributed by atoms with van der Waals surface area (Å²) in [5.41, 5.74) is 0.230. The van der Waals surface area contributed by atoms with E-state index in [9.17, 15) is 13.2 Å². The largest absolute Gasteiger partial charge is 0.204 e. The predicted molar refractivity (Wildman–Crippen MR) is 40.6 cm³/mol. The number of halogens is 4. The van der Waals surface area contributed by atoms with E-state index in [1.54, 1.807) is 6.92 Å². The molecule has 0 amide bonds. The molecule has 0 fully saturated rings. The van der Waals surface area contributed by atoms with Crippen LogP contribution >= 0.6 is 11.6 Å². The van der Waals surface area contributed by atoms with E-state index >= 15 is 0 Å². The maximum absolute atomic E-state index is 12.5. The molecule has 0 saturated carbocycles. The third kappa shape index (κ3) is 1.72. The highest BCUT2D eigenvalue weighted by Crippen LogP contribution is 2.22. The van der Waals surface area contributed by atoms with Gasteiger partial charge in [-0.1, -0.05) is 0 Å². The quantitative estimate of drug-likeness (QED) is 0.475. The van der Waals surface area contributed by atoms with Crippen molar-refractivity contribution in [1.29, 1.82) is 0 Å². The van der Waals surface area contributed by atoms with Crippen LogP contribution in [0.5, 0.6) is 0 Å². The van der Waals surface area contributed by atoms with Crippen LogP contribution in [-0.4, -0.2) is 0 Å². The zero-order valence-corrected chi connectivity index (χ0v) is 7.00. The highest BCUT2D eigenvalue weighted by atomic mass is 35.5. The fourth-order valence-electron chi connectivity index (χ4n) is 0.805. The average Bonchev–Trinajstić information content (AvgIpc) is 1.99. The Balaban J connectivity index is 3.21. The van der Waals surface area contributed by atoms with Crippen molar-refractivity contribution in [2.45, 2.75) is 12.3 Å². The van der Waals surface area contributed by atoms with Gasteiger partial charge in [0.25, 0.3) is 0 Å². The molecule has 0 N–H and O–H groups in total. The molecule has 66 valence electrons. The highest BCUT2D eigenvalue weighted by Gasteiger charge is 2.12. The van der Waals surface area contributed by atoms with Crippen molar-refractivity contribution in [3.63, 3.8) is 0 Å². The average molecular weight is 195 g/mol. The van der Waals surface area contributed by atoms with Gasteiger partial charge in [-0.25, -0.2) is 13.2 Å². The summed E-state index contributed by atoms with van der Waals surface area (Å²) in [4.78, 5) is 0. The van der Waals surface area contributed by atoms with Crippen molar-refractivity contribution in [1.82, 2.24) is 0 Å². The monoisotopic (exact) mass is 194 g/mol. The Morgan fingerprint density at radius 1 is 1.17 bits per heavy atom. The summed E-state index contributed by atoms with van der Waals surface area (Å²) in [5.74, 6) is -3.88. The van der Waals surface area contributed by atoms with Gasteiger partial charge in [0.15, 0.2) is 17.5 Å². The first kappa shape index (κ1) is 9.39. The van der Waals surface area contributed by atoms with Crippen LogP contribution in [0.25, 0.3) is 0 Å². The van der Waals surface area contributed by atoms with Crippen molar-refractivity contribution >= 4 is 11.6 Å². The van der Waals surface area contributed by atoms with Crippen LogP contribution in [0.15, 0.2) is 12.1 Å². The van der Waals surface area contributed by atoms with Crippen LogP contribution in [0, 0.1) is 17.5 Å². The summed E-state index contributed by atoms with van der Waals surface area (Å²) >= 11 is 5.54. The first-order valence-corrected chi connectivity index (χ1v) is 3.74. The van der Waals surface area contributed by atoms with E-state index in [0.29, 0.717) is 0 Å². The van der Waals surface area contributed by atoms with Gasteiger partial charge in [0, 0.05) is 0 Å². The van der Waals surface area contributed by atoms with Gasteiger partial charge < -0.3 is 0 Å². The Morgan fingerprint density at radius 2 is 1.58 bits per heavy atom. The molecular formula is C8H6ClF3. The Kier molecular flexibility index (Phi) is 2.62. The second kappa shape index (κ2) is 3.35. The molecule has 0 spiro atoms. The lowest BCUT2D eigenvalue weighted by Gasteiger charge is -2.03. The van der Waals surface area contributed by atoms with Gasteiger partial charge in [0.1, 0.15) is 0 Å². The molecule has 0 aliphatic heterocycles. The summed E-state index contributed by atoms with van der Waals surface area (Å²) in [6.45, 7) is 1.55. The molecule has 0 radical (unpaired) electrons. The molecule has 12 heavy (non-hydrogen) atoms. The molecular weight excluding hydrogens is 189 g/mol. The van der Waals surface area contributed by atoms with Crippen molar-refractivity contribution < 1.29 is 13.2 Å². The minimum absolute atomic E-state index is 0.230. The third-order valence-electron chi connectivity index (χ3n) is 1.47. The van der Waals surface area contributed by atoms with Crippen LogP contribution in [0.2, 0.25) is 0 Å². The van der Waals surface area contributed by atoms with E-state index in [1.165, 1.54) is 0 Å². The summed E-state index contributed by atoms with van der Waals surface area (Å²) in [5, 5.41) is -0.533. The van der Waals surface area contributed by atoms with Crippen molar-refractivity contribution in [3.05, 3.63) is 35.1 Å². The van der Waals surface area contributed by atoms with Gasteiger partial charge in [-0.2, -0.15) is 0 Å². The number of benzene rings is 1. The summed E-state index contributed by atoms with van der Waals surface area (Å²) < 4.78 is 37.4. The lowest BCUT2D eigenvalue weighted by molar-refractivity contribution is 0.445. The Hall–Kier alpha value is -0.700. The second-order valence-corrected chi connectivity index (χ2v) is 3.07. The lowest BCUT2D eigenvalue weighted by atomic mass is 10.1. The van der Waals surface area contributed by atoms with E-state index in [1.807, 2.05) is 0 Å². The van der Waals surface area contributed by atoms with Crippen LogP contribution < -0.4 is 0 Å². The topological polar surface area (TPSA) is 0 Å². The van der Waals surface area contributed by atoms with Gasteiger partial charge >= 0.3 is 0 Å². The molecule has 0 aliphatic rings. The Bertz CT molecular complexity index is 273. The maximum Gasteiger partial charge on any atom is 0.194 e. The molecule has 1 unspecified atom stereocenters. The van der Waals surface area contributed by atoms with Crippen molar-refractivity contribution in [3.8, 4) is 0 Å². The summed E-state index contributed by atoms with van der Waals surface area (Å²) in [7, 11) is 0. The standard InChI is InChI=1S/C8H6ClF3/c1-4(9)5-2-6(10)8(12)7(11)3-5/h2-4H,1H3. The normalized spacial score (nSPS) is 13.1. The van der Waals surface area contributed by atoms with Gasteiger partial charge in [-0.3, -0.25) is 0 Å². The number of hydrogen-bond acceptors (Lipinski definition) is 0. The van der Waals surface area contributed by atoms with Crippen molar-refractivity contribution in [2.24, 2.45) is 0 Å². The molecule has 0 nitrogen and oxygen atoms in total. The van der Waals surface area contributed by atoms with Crippen LogP contribution in [0.3, 0.4) is 0 Å². The molecule has 1 atom stereocenters. The minimum atomic E-state index is -1.46. The first-order chi connectivity index (χ1) is 5.52. The van der Waals surface area contributed by atoms with Crippen molar-refractivity contribution in [2.75, 3.05) is 0 Å². The fraction of sp³-hybridized carbons (Fsp3) is 0.250. The molecule has 1 aromatic carbocycles. The van der Waals surface area contributed by atoms with E-state index in [0.717, 1.165) is 12.1 Å². The van der Waals surface area contributed by atoms with Crippen LogP contribution in [0.1, 0.15) is 17.9 Å². The van der Waals surface area contributed by atoms with Crippen LogP contribution in [-0.2, 0) is 0 Å².